The predicted molar refractivity (Wildman–Crippen MR) is 88.8 cm³/mol. The Morgan fingerprint density at radius 1 is 1.29 bits per heavy atom. The second-order valence-electron chi connectivity index (χ2n) is 6.78. The maximum atomic E-state index is 9.05. The Kier molecular flexibility index (Phi) is 3.74. The minimum absolute atomic E-state index is 0.494. The van der Waals surface area contributed by atoms with E-state index in [1.165, 1.54) is 30.6 Å². The number of rotatable bonds is 2. The van der Waals surface area contributed by atoms with Crippen molar-refractivity contribution in [3.63, 3.8) is 0 Å². The predicted octanol–water partition coefficient (Wildman–Crippen LogP) is 5.21. The van der Waals surface area contributed by atoms with Crippen LogP contribution in [0.25, 0.3) is 16.3 Å². The molecule has 1 aliphatic carbocycles. The normalized spacial score (nSPS) is 19.6. The molecule has 1 fully saturated rings. The Morgan fingerprint density at radius 3 is 2.67 bits per heavy atom. The lowest BCUT2D eigenvalue weighted by Crippen LogP contribution is -2.19. The first-order valence-electron chi connectivity index (χ1n) is 7.57. The molecule has 1 N–H and O–H groups in total. The van der Waals surface area contributed by atoms with Gasteiger partial charge in [0, 0.05) is 10.3 Å². The maximum Gasteiger partial charge on any atom is 0.127 e. The average molecular weight is 302 g/mol. The Morgan fingerprint density at radius 2 is 2.00 bits per heavy atom. The quantitative estimate of drug-likeness (QED) is 0.774. The summed E-state index contributed by atoms with van der Waals surface area (Å²) in [5.41, 5.74) is 1.31. The van der Waals surface area contributed by atoms with E-state index in [2.05, 4.69) is 29.9 Å². The van der Waals surface area contributed by atoms with Crippen LogP contribution < -0.4 is 0 Å². The number of aryl methyl sites for hydroxylation is 1. The summed E-state index contributed by atoms with van der Waals surface area (Å²) < 4.78 is 0. The number of aliphatic hydroxyl groups excluding tert-OH is 1. The van der Waals surface area contributed by atoms with Gasteiger partial charge in [-0.05, 0) is 56.1 Å². The summed E-state index contributed by atoms with van der Waals surface area (Å²) in [4.78, 5) is 11.4. The lowest BCUT2D eigenvalue weighted by Gasteiger charge is -2.33. The number of nitrogens with zero attached hydrogens (tertiary/aromatic N) is 2. The maximum absolute atomic E-state index is 9.05. The van der Waals surface area contributed by atoms with Crippen LogP contribution in [0.5, 0.6) is 0 Å². The van der Waals surface area contributed by atoms with Crippen molar-refractivity contribution < 1.29 is 5.11 Å². The zero-order valence-electron chi connectivity index (χ0n) is 12.9. The average Bonchev–Trinajstić information content (AvgIpc) is 2.82. The fourth-order valence-corrected chi connectivity index (χ4v) is 4.41. The highest BCUT2D eigenvalue weighted by Gasteiger charge is 2.28. The van der Waals surface area contributed by atoms with E-state index in [4.69, 9.17) is 5.11 Å². The number of hydrogen-bond donors (Lipinski definition) is 1. The molecule has 4 heteroatoms. The van der Waals surface area contributed by atoms with Crippen LogP contribution in [0.2, 0.25) is 0 Å². The smallest absolute Gasteiger partial charge is 0.127 e. The first kappa shape index (κ1) is 14.5. The molecule has 0 amide bonds. The Bertz CT molecular complexity index is 677. The highest BCUT2D eigenvalue weighted by Crippen LogP contribution is 2.45. The first-order valence-corrected chi connectivity index (χ1v) is 8.39. The second kappa shape index (κ2) is 5.41. The van der Waals surface area contributed by atoms with Gasteiger partial charge in [0.1, 0.15) is 10.7 Å². The van der Waals surface area contributed by atoms with Crippen LogP contribution in [0.15, 0.2) is 12.3 Å². The van der Waals surface area contributed by atoms with Crippen LogP contribution in [0, 0.1) is 12.3 Å². The highest BCUT2D eigenvalue weighted by atomic mass is 32.1. The van der Waals surface area contributed by atoms with Crippen molar-refractivity contribution >= 4 is 27.6 Å². The summed E-state index contributed by atoms with van der Waals surface area (Å²) in [6.45, 7) is 6.64. The summed E-state index contributed by atoms with van der Waals surface area (Å²) in [6, 6.07) is 2.23. The van der Waals surface area contributed by atoms with E-state index in [0.717, 1.165) is 28.0 Å². The van der Waals surface area contributed by atoms with E-state index in [1.807, 2.05) is 6.92 Å². The molecule has 1 saturated carbocycles. The van der Waals surface area contributed by atoms with Crippen LogP contribution >= 0.6 is 11.3 Å². The Labute approximate surface area is 129 Å². The molecule has 0 unspecified atom stereocenters. The van der Waals surface area contributed by atoms with Crippen molar-refractivity contribution in [2.75, 3.05) is 0 Å². The zero-order chi connectivity index (χ0) is 15.0. The number of thiophene rings is 1. The fraction of sp³-hybridized carbons (Fsp3) is 0.529. The molecule has 0 aliphatic heterocycles. The zero-order valence-corrected chi connectivity index (χ0v) is 13.7. The van der Waals surface area contributed by atoms with Crippen molar-refractivity contribution in [2.24, 2.45) is 5.41 Å². The van der Waals surface area contributed by atoms with Gasteiger partial charge in [0.15, 0.2) is 0 Å². The van der Waals surface area contributed by atoms with Gasteiger partial charge in [-0.15, -0.1) is 11.3 Å². The largest absolute Gasteiger partial charge is 0.516 e. The molecule has 3 nitrogen and oxygen atoms in total. The van der Waals surface area contributed by atoms with Crippen molar-refractivity contribution in [2.45, 2.75) is 52.4 Å². The molecular formula is C17H22N2OS. The topological polar surface area (TPSA) is 46.0 Å². The SMILES string of the molecule is Cc1nc(/C=C\O)c2cc(C3CCC(C)(C)CC3)sc2n1. The van der Waals surface area contributed by atoms with Crippen LogP contribution in [0.3, 0.4) is 0 Å². The number of fused-ring (bicyclic) bond motifs is 1. The second-order valence-corrected chi connectivity index (χ2v) is 7.84. The summed E-state index contributed by atoms with van der Waals surface area (Å²) in [7, 11) is 0. The van der Waals surface area contributed by atoms with Gasteiger partial charge in [-0.3, -0.25) is 0 Å². The van der Waals surface area contributed by atoms with E-state index < -0.39 is 0 Å². The molecule has 1 aliphatic rings. The molecule has 21 heavy (non-hydrogen) atoms. The third-order valence-corrected chi connectivity index (χ3v) is 5.72. The van der Waals surface area contributed by atoms with Gasteiger partial charge in [-0.1, -0.05) is 13.8 Å². The molecule has 0 atom stereocenters. The van der Waals surface area contributed by atoms with Gasteiger partial charge in [0.05, 0.1) is 12.0 Å². The van der Waals surface area contributed by atoms with E-state index in [-0.39, 0.29) is 0 Å². The summed E-state index contributed by atoms with van der Waals surface area (Å²) >= 11 is 1.79. The van der Waals surface area contributed by atoms with E-state index in [9.17, 15) is 0 Å². The highest BCUT2D eigenvalue weighted by molar-refractivity contribution is 7.18. The summed E-state index contributed by atoms with van der Waals surface area (Å²) in [5.74, 6) is 1.41. The third kappa shape index (κ3) is 2.95. The van der Waals surface area contributed by atoms with Crippen LogP contribution in [0.4, 0.5) is 0 Å². The monoisotopic (exact) mass is 302 g/mol. The summed E-state index contributed by atoms with van der Waals surface area (Å²) in [6.07, 6.45) is 7.81. The standard InChI is InChI=1S/C17H22N2OS/c1-11-18-14(6-9-20)13-10-15(21-16(13)19-11)12-4-7-17(2,3)8-5-12/h6,9-10,12,20H,4-5,7-8H2,1-3H3/b9-6-. The van der Waals surface area contributed by atoms with Crippen molar-refractivity contribution in [3.05, 3.63) is 28.7 Å². The molecular weight excluding hydrogens is 280 g/mol. The number of aliphatic hydroxyl groups is 1. The van der Waals surface area contributed by atoms with Crippen LogP contribution in [-0.2, 0) is 0 Å². The molecule has 112 valence electrons. The minimum atomic E-state index is 0.494. The van der Waals surface area contributed by atoms with Crippen molar-refractivity contribution in [1.29, 1.82) is 0 Å². The molecule has 2 aromatic rings. The van der Waals surface area contributed by atoms with Crippen molar-refractivity contribution in [1.82, 2.24) is 9.97 Å². The third-order valence-electron chi connectivity index (χ3n) is 4.53. The van der Waals surface area contributed by atoms with Gasteiger partial charge in [-0.25, -0.2) is 9.97 Å². The molecule has 2 aromatic heterocycles. The molecule has 0 saturated heterocycles. The number of hydrogen-bond acceptors (Lipinski definition) is 4. The Balaban J connectivity index is 1.96. The molecule has 0 radical (unpaired) electrons. The molecule has 2 heterocycles. The fourth-order valence-electron chi connectivity index (χ4n) is 3.16. The van der Waals surface area contributed by atoms with E-state index in [1.54, 1.807) is 17.4 Å². The molecule has 0 aromatic carbocycles. The van der Waals surface area contributed by atoms with Gasteiger partial charge in [0.2, 0.25) is 0 Å². The number of aromatic nitrogens is 2. The van der Waals surface area contributed by atoms with E-state index >= 15 is 0 Å². The Hall–Kier alpha value is -1.42. The van der Waals surface area contributed by atoms with Crippen LogP contribution in [0.1, 0.15) is 61.8 Å². The van der Waals surface area contributed by atoms with Gasteiger partial charge in [-0.2, -0.15) is 0 Å². The molecule has 0 spiro atoms. The van der Waals surface area contributed by atoms with Gasteiger partial charge >= 0.3 is 0 Å². The summed E-state index contributed by atoms with van der Waals surface area (Å²) in [5, 5.41) is 10.1. The lowest BCUT2D eigenvalue weighted by molar-refractivity contribution is 0.226. The van der Waals surface area contributed by atoms with Crippen molar-refractivity contribution in [3.8, 4) is 0 Å². The van der Waals surface area contributed by atoms with Gasteiger partial charge in [0.25, 0.3) is 0 Å². The van der Waals surface area contributed by atoms with Crippen LogP contribution in [-0.4, -0.2) is 15.1 Å². The van der Waals surface area contributed by atoms with Gasteiger partial charge < -0.3 is 5.11 Å². The van der Waals surface area contributed by atoms with E-state index in [0.29, 0.717) is 11.3 Å². The minimum Gasteiger partial charge on any atom is -0.516 e. The first-order chi connectivity index (χ1) is 9.98. The molecule has 3 rings (SSSR count). The lowest BCUT2D eigenvalue weighted by atomic mass is 9.73. The molecule has 0 bridgehead atoms.